The summed E-state index contributed by atoms with van der Waals surface area (Å²) in [6.07, 6.45) is 3.83. The van der Waals surface area contributed by atoms with Gasteiger partial charge in [-0.2, -0.15) is 0 Å². The van der Waals surface area contributed by atoms with Crippen LogP contribution in [0.2, 0.25) is 0 Å². The summed E-state index contributed by atoms with van der Waals surface area (Å²) < 4.78 is 2.09. The number of aryl methyl sites for hydroxylation is 1. The Morgan fingerprint density at radius 1 is 1.10 bits per heavy atom. The molecule has 0 aliphatic carbocycles. The molecule has 1 aromatic heterocycles. The number of guanidine groups is 1. The average Bonchev–Trinajstić information content (AvgIpc) is 3.22. The molecular weight excluding hydrogens is 362 g/mol. The number of benzene rings is 1. The van der Waals surface area contributed by atoms with Crippen LogP contribution in [0.1, 0.15) is 44.6 Å². The van der Waals surface area contributed by atoms with Crippen molar-refractivity contribution in [1.82, 2.24) is 29.9 Å². The van der Waals surface area contributed by atoms with E-state index in [0.717, 1.165) is 70.4 Å². The number of nitrogens with one attached hydrogen (secondary N) is 1. The first-order valence-corrected chi connectivity index (χ1v) is 11.0. The zero-order valence-electron chi connectivity index (χ0n) is 18.1. The Bertz CT molecular complexity index is 748. The number of hydrogen-bond donors (Lipinski definition) is 1. The Kier molecular flexibility index (Phi) is 8.04. The van der Waals surface area contributed by atoms with Gasteiger partial charge in [0.25, 0.3) is 0 Å². The van der Waals surface area contributed by atoms with E-state index in [-0.39, 0.29) is 0 Å². The van der Waals surface area contributed by atoms with Gasteiger partial charge in [-0.3, -0.25) is 9.89 Å². The van der Waals surface area contributed by atoms with Crippen molar-refractivity contribution in [2.45, 2.75) is 46.2 Å². The fourth-order valence-corrected chi connectivity index (χ4v) is 4.05. The summed E-state index contributed by atoms with van der Waals surface area (Å²) >= 11 is 0. The summed E-state index contributed by atoms with van der Waals surface area (Å²) in [5.41, 5.74) is 1.42. The van der Waals surface area contributed by atoms with Gasteiger partial charge >= 0.3 is 0 Å². The van der Waals surface area contributed by atoms with Gasteiger partial charge in [0.2, 0.25) is 0 Å². The largest absolute Gasteiger partial charge is 0.357 e. The first-order chi connectivity index (χ1) is 14.3. The van der Waals surface area contributed by atoms with E-state index < -0.39 is 0 Å². The number of piperazine rings is 1. The summed E-state index contributed by atoms with van der Waals surface area (Å²) in [5.74, 6) is 2.04. The first-order valence-electron chi connectivity index (χ1n) is 11.0. The maximum atomic E-state index is 4.87. The van der Waals surface area contributed by atoms with Crippen LogP contribution >= 0.6 is 0 Å². The van der Waals surface area contributed by atoms with E-state index in [1.165, 1.54) is 5.56 Å². The van der Waals surface area contributed by atoms with E-state index in [9.17, 15) is 0 Å². The smallest absolute Gasteiger partial charge is 0.194 e. The van der Waals surface area contributed by atoms with E-state index in [1.807, 2.05) is 0 Å². The molecule has 3 rings (SSSR count). The van der Waals surface area contributed by atoms with E-state index in [1.54, 1.807) is 6.33 Å². The minimum absolute atomic E-state index is 0.499. The normalized spacial score (nSPS) is 16.8. The summed E-state index contributed by atoms with van der Waals surface area (Å²) in [5, 5.41) is 11.6. The number of aromatic nitrogens is 3. The van der Waals surface area contributed by atoms with Crippen molar-refractivity contribution in [3.8, 4) is 0 Å². The molecular formula is C22H35N7. The third-order valence-corrected chi connectivity index (χ3v) is 5.57. The lowest BCUT2D eigenvalue weighted by Crippen LogP contribution is -2.53. The SMILES string of the molecule is CCNC(=NCCn1cnnc1CC)N1CCN(C(CC)c2ccccc2)CC1. The molecule has 1 fully saturated rings. The second-order valence-corrected chi connectivity index (χ2v) is 7.39. The van der Waals surface area contributed by atoms with Gasteiger partial charge < -0.3 is 14.8 Å². The van der Waals surface area contributed by atoms with Crippen LogP contribution in [0.5, 0.6) is 0 Å². The molecule has 1 atom stereocenters. The molecule has 2 heterocycles. The fourth-order valence-electron chi connectivity index (χ4n) is 4.05. The van der Waals surface area contributed by atoms with E-state index in [4.69, 9.17) is 4.99 Å². The van der Waals surface area contributed by atoms with Gasteiger partial charge in [0, 0.05) is 51.7 Å². The van der Waals surface area contributed by atoms with Gasteiger partial charge in [-0.1, -0.05) is 44.2 Å². The predicted molar refractivity (Wildman–Crippen MR) is 118 cm³/mol. The van der Waals surface area contributed by atoms with Crippen LogP contribution < -0.4 is 5.32 Å². The predicted octanol–water partition coefficient (Wildman–Crippen LogP) is 2.57. The van der Waals surface area contributed by atoms with E-state index in [2.05, 4.69) is 81.0 Å². The van der Waals surface area contributed by atoms with Gasteiger partial charge in [-0.15, -0.1) is 10.2 Å². The van der Waals surface area contributed by atoms with Gasteiger partial charge in [0.1, 0.15) is 12.2 Å². The van der Waals surface area contributed by atoms with Crippen LogP contribution in [0.4, 0.5) is 0 Å². The molecule has 0 radical (unpaired) electrons. The zero-order valence-corrected chi connectivity index (χ0v) is 18.1. The fraction of sp³-hybridized carbons (Fsp3) is 0.591. The Balaban J connectivity index is 1.57. The van der Waals surface area contributed by atoms with Crippen LogP contribution in [0, 0.1) is 0 Å². The van der Waals surface area contributed by atoms with Crippen molar-refractivity contribution >= 4 is 5.96 Å². The monoisotopic (exact) mass is 397 g/mol. The Hall–Kier alpha value is -2.41. The molecule has 158 valence electrons. The van der Waals surface area contributed by atoms with Crippen molar-refractivity contribution in [1.29, 1.82) is 0 Å². The van der Waals surface area contributed by atoms with Gasteiger partial charge in [-0.05, 0) is 18.9 Å². The summed E-state index contributed by atoms with van der Waals surface area (Å²) in [6, 6.07) is 11.4. The van der Waals surface area contributed by atoms with Crippen molar-refractivity contribution < 1.29 is 0 Å². The molecule has 1 N–H and O–H groups in total. The molecule has 29 heavy (non-hydrogen) atoms. The highest BCUT2D eigenvalue weighted by Gasteiger charge is 2.25. The van der Waals surface area contributed by atoms with E-state index in [0.29, 0.717) is 6.04 Å². The number of rotatable bonds is 8. The van der Waals surface area contributed by atoms with Crippen LogP contribution in [0.3, 0.4) is 0 Å². The lowest BCUT2D eigenvalue weighted by atomic mass is 10.0. The molecule has 0 amide bonds. The third-order valence-electron chi connectivity index (χ3n) is 5.57. The molecule has 7 nitrogen and oxygen atoms in total. The van der Waals surface area contributed by atoms with Crippen LogP contribution in [-0.4, -0.2) is 69.8 Å². The topological polar surface area (TPSA) is 61.6 Å². The summed E-state index contributed by atoms with van der Waals surface area (Å²) in [7, 11) is 0. The first kappa shape index (κ1) is 21.3. The molecule has 0 spiro atoms. The minimum atomic E-state index is 0.499. The molecule has 2 aromatic rings. The maximum absolute atomic E-state index is 4.87. The van der Waals surface area contributed by atoms with Crippen molar-refractivity contribution in [3.05, 3.63) is 48.0 Å². The van der Waals surface area contributed by atoms with Crippen molar-refractivity contribution in [3.63, 3.8) is 0 Å². The maximum Gasteiger partial charge on any atom is 0.194 e. The Labute approximate surface area is 174 Å². The highest BCUT2D eigenvalue weighted by atomic mass is 15.4. The number of nitrogens with zero attached hydrogens (tertiary/aromatic N) is 6. The highest BCUT2D eigenvalue weighted by Crippen LogP contribution is 2.25. The Morgan fingerprint density at radius 3 is 2.52 bits per heavy atom. The minimum Gasteiger partial charge on any atom is -0.357 e. The number of aliphatic imine (C=N–C) groups is 1. The second kappa shape index (κ2) is 11.0. The molecule has 7 heteroatoms. The summed E-state index contributed by atoms with van der Waals surface area (Å²) in [6.45, 7) is 13.1. The molecule has 0 bridgehead atoms. The summed E-state index contributed by atoms with van der Waals surface area (Å²) in [4.78, 5) is 9.88. The van der Waals surface area contributed by atoms with Gasteiger partial charge in [0.05, 0.1) is 6.54 Å². The third kappa shape index (κ3) is 5.56. The van der Waals surface area contributed by atoms with Gasteiger partial charge in [0.15, 0.2) is 5.96 Å². The quantitative estimate of drug-likeness (QED) is 0.548. The Morgan fingerprint density at radius 2 is 1.86 bits per heavy atom. The van der Waals surface area contributed by atoms with Crippen molar-refractivity contribution in [2.75, 3.05) is 39.3 Å². The molecule has 1 unspecified atom stereocenters. The molecule has 1 aliphatic heterocycles. The average molecular weight is 398 g/mol. The van der Waals surface area contributed by atoms with Crippen LogP contribution in [-0.2, 0) is 13.0 Å². The van der Waals surface area contributed by atoms with Crippen molar-refractivity contribution in [2.24, 2.45) is 4.99 Å². The standard InChI is InChI=1S/C22H35N7/c1-4-20(19-10-8-7-9-11-19)27-14-16-28(17-15-27)22(23-6-3)24-12-13-29-18-25-26-21(29)5-2/h7-11,18,20H,4-6,12-17H2,1-3H3,(H,23,24). The second-order valence-electron chi connectivity index (χ2n) is 7.39. The van der Waals surface area contributed by atoms with E-state index >= 15 is 0 Å². The lowest BCUT2D eigenvalue weighted by molar-refractivity contribution is 0.127. The molecule has 1 saturated heterocycles. The zero-order chi connectivity index (χ0) is 20.5. The molecule has 1 aromatic carbocycles. The highest BCUT2D eigenvalue weighted by molar-refractivity contribution is 5.80. The number of hydrogen-bond acceptors (Lipinski definition) is 4. The van der Waals surface area contributed by atoms with Gasteiger partial charge in [-0.25, -0.2) is 0 Å². The molecule has 1 aliphatic rings. The molecule has 0 saturated carbocycles. The van der Waals surface area contributed by atoms with Crippen LogP contribution in [0.25, 0.3) is 0 Å². The lowest BCUT2D eigenvalue weighted by Gasteiger charge is -2.40. The van der Waals surface area contributed by atoms with Crippen LogP contribution in [0.15, 0.2) is 41.7 Å².